The Morgan fingerprint density at radius 3 is 1.95 bits per heavy atom. The van der Waals surface area contributed by atoms with Crippen LogP contribution in [0.15, 0.2) is 6.20 Å². The van der Waals surface area contributed by atoms with E-state index in [9.17, 15) is 0 Å². The van der Waals surface area contributed by atoms with Crippen LogP contribution in [-0.2, 0) is 0 Å². The predicted octanol–water partition coefficient (Wildman–Crippen LogP) is 6.87. The summed E-state index contributed by atoms with van der Waals surface area (Å²) in [7, 11) is 0. The van der Waals surface area contributed by atoms with Crippen LogP contribution < -0.4 is 0 Å². The molecule has 2 heteroatoms. The smallest absolute Gasteiger partial charge is 0.0896 e. The summed E-state index contributed by atoms with van der Waals surface area (Å²) in [6.45, 7) is 6.71. The Labute approximate surface area is 130 Å². The molecule has 1 nitrogen and oxygen atoms in total. The fraction of sp³-hybridized carbons (Fsp3) is 0.833. The van der Waals surface area contributed by atoms with Crippen LogP contribution in [0.1, 0.15) is 100 Å². The number of hydrogen-bond donors (Lipinski definition) is 0. The quantitative estimate of drug-likeness (QED) is 0.383. The van der Waals surface area contributed by atoms with Crippen LogP contribution in [0.5, 0.6) is 0 Å². The van der Waals surface area contributed by atoms with Gasteiger partial charge in [0, 0.05) is 11.1 Å². The summed E-state index contributed by atoms with van der Waals surface area (Å²) in [6, 6.07) is 0. The molecule has 0 fully saturated rings. The van der Waals surface area contributed by atoms with Gasteiger partial charge in [-0.3, -0.25) is 0 Å². The topological polar surface area (TPSA) is 12.9 Å². The van der Waals surface area contributed by atoms with Gasteiger partial charge in [-0.25, -0.2) is 4.98 Å². The van der Waals surface area contributed by atoms with Gasteiger partial charge in [-0.1, -0.05) is 71.6 Å². The van der Waals surface area contributed by atoms with Crippen molar-refractivity contribution in [2.45, 2.75) is 97.3 Å². The van der Waals surface area contributed by atoms with Crippen LogP contribution in [0, 0.1) is 6.92 Å². The zero-order valence-electron chi connectivity index (χ0n) is 13.8. The molecule has 0 saturated heterocycles. The average molecular weight is 296 g/mol. The molecule has 116 valence electrons. The largest absolute Gasteiger partial charge is 0.250 e. The van der Waals surface area contributed by atoms with E-state index in [1.54, 1.807) is 0 Å². The van der Waals surface area contributed by atoms with Crippen molar-refractivity contribution in [3.8, 4) is 0 Å². The molecule has 0 saturated carbocycles. The highest BCUT2D eigenvalue weighted by Crippen LogP contribution is 2.32. The maximum atomic E-state index is 4.46. The Balaban J connectivity index is 2.34. The molecule has 20 heavy (non-hydrogen) atoms. The summed E-state index contributed by atoms with van der Waals surface area (Å²) in [5, 5.41) is 1.23. The Hall–Kier alpha value is -0.370. The third-order valence-corrected chi connectivity index (χ3v) is 5.18. The summed E-state index contributed by atoms with van der Waals surface area (Å²) in [5.41, 5.74) is 0. The van der Waals surface area contributed by atoms with Crippen molar-refractivity contribution in [2.75, 3.05) is 0 Å². The molecule has 0 aliphatic carbocycles. The van der Waals surface area contributed by atoms with E-state index in [2.05, 4.69) is 32.0 Å². The first-order valence-electron chi connectivity index (χ1n) is 8.70. The zero-order chi connectivity index (χ0) is 14.6. The van der Waals surface area contributed by atoms with E-state index in [-0.39, 0.29) is 0 Å². The molecule has 0 aliphatic rings. The Bertz CT molecular complexity index is 332. The maximum absolute atomic E-state index is 4.46. The van der Waals surface area contributed by atoms with Crippen LogP contribution in [0.4, 0.5) is 0 Å². The molecular weight excluding hydrogens is 262 g/mol. The van der Waals surface area contributed by atoms with Gasteiger partial charge in [0.15, 0.2) is 0 Å². The number of nitrogens with zero attached hydrogens (tertiary/aromatic N) is 1. The molecule has 0 N–H and O–H groups in total. The van der Waals surface area contributed by atoms with Crippen LogP contribution in [0.3, 0.4) is 0 Å². The van der Waals surface area contributed by atoms with Crippen LogP contribution >= 0.6 is 11.3 Å². The molecule has 1 aromatic heterocycles. The lowest BCUT2D eigenvalue weighted by Gasteiger charge is -2.15. The number of hydrogen-bond acceptors (Lipinski definition) is 2. The van der Waals surface area contributed by atoms with Gasteiger partial charge in [-0.05, 0) is 25.7 Å². The minimum absolute atomic E-state index is 0.777. The lowest BCUT2D eigenvalue weighted by atomic mass is 9.93. The minimum atomic E-state index is 0.777. The lowest BCUT2D eigenvalue weighted by molar-refractivity contribution is 0.497. The van der Waals surface area contributed by atoms with Gasteiger partial charge in [0.1, 0.15) is 0 Å². The number of aromatic nitrogens is 1. The first-order chi connectivity index (χ1) is 9.77. The van der Waals surface area contributed by atoms with E-state index < -0.39 is 0 Å². The number of thiazole rings is 1. The fourth-order valence-electron chi connectivity index (χ4n) is 2.81. The molecule has 0 spiro atoms. The highest BCUT2D eigenvalue weighted by molar-refractivity contribution is 7.11. The molecule has 0 amide bonds. The van der Waals surface area contributed by atoms with Crippen molar-refractivity contribution >= 4 is 11.3 Å². The molecule has 1 aromatic rings. The first kappa shape index (κ1) is 17.7. The van der Waals surface area contributed by atoms with E-state index in [1.807, 2.05) is 11.3 Å². The summed E-state index contributed by atoms with van der Waals surface area (Å²) in [6.07, 6.45) is 17.4. The van der Waals surface area contributed by atoms with Crippen LogP contribution in [0.2, 0.25) is 0 Å². The summed E-state index contributed by atoms with van der Waals surface area (Å²) in [5.74, 6) is 0.777. The molecule has 0 aliphatic heterocycles. The lowest BCUT2D eigenvalue weighted by Crippen LogP contribution is -1.97. The monoisotopic (exact) mass is 295 g/mol. The molecule has 0 radical (unpaired) electrons. The number of unbranched alkanes of at least 4 members (excludes halogenated alkanes) is 7. The molecule has 1 rings (SSSR count). The maximum Gasteiger partial charge on any atom is 0.0896 e. The SMILES string of the molecule is CCCCCCCC(CCCCCC)c1cnc(C)s1. The van der Waals surface area contributed by atoms with Gasteiger partial charge < -0.3 is 0 Å². The van der Waals surface area contributed by atoms with E-state index in [0.717, 1.165) is 5.92 Å². The van der Waals surface area contributed by atoms with Crippen molar-refractivity contribution < 1.29 is 0 Å². The Kier molecular flexibility index (Phi) is 10.00. The number of rotatable bonds is 12. The normalized spacial score (nSPS) is 12.8. The van der Waals surface area contributed by atoms with E-state index in [0.29, 0.717) is 0 Å². The second kappa shape index (κ2) is 11.3. The first-order valence-corrected chi connectivity index (χ1v) is 9.51. The van der Waals surface area contributed by atoms with E-state index in [1.165, 1.54) is 80.5 Å². The molecule has 1 heterocycles. The fourth-order valence-corrected chi connectivity index (χ4v) is 3.76. The van der Waals surface area contributed by atoms with Gasteiger partial charge in [0.05, 0.1) is 5.01 Å². The molecule has 1 atom stereocenters. The van der Waals surface area contributed by atoms with Crippen molar-refractivity contribution in [1.29, 1.82) is 0 Å². The standard InChI is InChI=1S/C18H33NS/c1-4-6-8-10-12-14-17(13-11-9-7-5-2)18-15-19-16(3)20-18/h15,17H,4-14H2,1-3H3. The van der Waals surface area contributed by atoms with Crippen molar-refractivity contribution in [1.82, 2.24) is 4.98 Å². The Morgan fingerprint density at radius 2 is 1.45 bits per heavy atom. The van der Waals surface area contributed by atoms with E-state index >= 15 is 0 Å². The van der Waals surface area contributed by atoms with Crippen molar-refractivity contribution in [2.24, 2.45) is 0 Å². The average Bonchev–Trinajstić information content (AvgIpc) is 2.87. The van der Waals surface area contributed by atoms with Crippen LogP contribution in [-0.4, -0.2) is 4.98 Å². The summed E-state index contributed by atoms with van der Waals surface area (Å²) >= 11 is 1.92. The highest BCUT2D eigenvalue weighted by atomic mass is 32.1. The summed E-state index contributed by atoms with van der Waals surface area (Å²) in [4.78, 5) is 5.99. The molecule has 0 aromatic carbocycles. The van der Waals surface area contributed by atoms with Gasteiger partial charge in [0.2, 0.25) is 0 Å². The molecule has 1 unspecified atom stereocenters. The number of aryl methyl sites for hydroxylation is 1. The van der Waals surface area contributed by atoms with E-state index in [4.69, 9.17) is 0 Å². The third-order valence-electron chi connectivity index (χ3n) is 4.10. The predicted molar refractivity (Wildman–Crippen MR) is 91.7 cm³/mol. The van der Waals surface area contributed by atoms with Gasteiger partial charge >= 0.3 is 0 Å². The highest BCUT2D eigenvalue weighted by Gasteiger charge is 2.13. The Morgan fingerprint density at radius 1 is 0.900 bits per heavy atom. The second-order valence-electron chi connectivity index (χ2n) is 6.03. The third kappa shape index (κ3) is 7.42. The molecule has 0 bridgehead atoms. The summed E-state index contributed by atoms with van der Waals surface area (Å²) < 4.78 is 0. The van der Waals surface area contributed by atoms with Gasteiger partial charge in [-0.15, -0.1) is 11.3 Å². The van der Waals surface area contributed by atoms with Crippen molar-refractivity contribution in [3.05, 3.63) is 16.1 Å². The van der Waals surface area contributed by atoms with Crippen LogP contribution in [0.25, 0.3) is 0 Å². The second-order valence-corrected chi connectivity index (χ2v) is 7.30. The van der Waals surface area contributed by atoms with Gasteiger partial charge in [-0.2, -0.15) is 0 Å². The minimum Gasteiger partial charge on any atom is -0.250 e. The zero-order valence-corrected chi connectivity index (χ0v) is 14.6. The van der Waals surface area contributed by atoms with Gasteiger partial charge in [0.25, 0.3) is 0 Å². The molecular formula is C18H33NS. The van der Waals surface area contributed by atoms with Crippen molar-refractivity contribution in [3.63, 3.8) is 0 Å².